The van der Waals surface area contributed by atoms with Gasteiger partial charge in [0, 0.05) is 31.7 Å². The van der Waals surface area contributed by atoms with E-state index in [9.17, 15) is 14.7 Å². The molecule has 38 heavy (non-hydrogen) atoms. The SMILES string of the molecule is C=CCOc1cccc(C2/C(=C(\O)c3ccc(OCCC)cc3)C(=O)C(=O)N2CCCN2CCOCC2)c1. The highest BCUT2D eigenvalue weighted by molar-refractivity contribution is 6.46. The molecule has 2 aliphatic rings. The highest BCUT2D eigenvalue weighted by Crippen LogP contribution is 2.40. The van der Waals surface area contributed by atoms with Crippen molar-refractivity contribution in [2.45, 2.75) is 25.8 Å². The number of amides is 1. The van der Waals surface area contributed by atoms with Crippen LogP contribution in [0.2, 0.25) is 0 Å². The highest BCUT2D eigenvalue weighted by Gasteiger charge is 2.46. The molecule has 1 N–H and O–H groups in total. The monoisotopic (exact) mass is 520 g/mol. The summed E-state index contributed by atoms with van der Waals surface area (Å²) in [4.78, 5) is 30.5. The average Bonchev–Trinajstić information content (AvgIpc) is 3.20. The number of hydrogen-bond donors (Lipinski definition) is 1. The molecular formula is C30H36N2O6. The average molecular weight is 521 g/mol. The lowest BCUT2D eigenvalue weighted by molar-refractivity contribution is -0.140. The first-order chi connectivity index (χ1) is 18.5. The zero-order valence-electron chi connectivity index (χ0n) is 21.9. The summed E-state index contributed by atoms with van der Waals surface area (Å²) in [6, 6.07) is 13.5. The lowest BCUT2D eigenvalue weighted by Crippen LogP contribution is -2.38. The Morgan fingerprint density at radius 1 is 1.08 bits per heavy atom. The Kier molecular flexibility index (Phi) is 9.56. The maximum Gasteiger partial charge on any atom is 0.295 e. The lowest BCUT2D eigenvalue weighted by Gasteiger charge is -2.29. The number of ketones is 1. The Hall–Kier alpha value is -3.62. The van der Waals surface area contributed by atoms with Gasteiger partial charge in [-0.3, -0.25) is 14.5 Å². The van der Waals surface area contributed by atoms with Gasteiger partial charge in [0.1, 0.15) is 23.9 Å². The number of ether oxygens (including phenoxy) is 3. The topological polar surface area (TPSA) is 88.5 Å². The van der Waals surface area contributed by atoms with Crippen LogP contribution in [0.1, 0.15) is 36.9 Å². The molecule has 8 heteroatoms. The van der Waals surface area contributed by atoms with Crippen molar-refractivity contribution in [3.63, 3.8) is 0 Å². The summed E-state index contributed by atoms with van der Waals surface area (Å²) in [7, 11) is 0. The van der Waals surface area contributed by atoms with E-state index in [1.165, 1.54) is 0 Å². The molecule has 2 aromatic carbocycles. The minimum absolute atomic E-state index is 0.0736. The number of nitrogens with zero attached hydrogens (tertiary/aromatic N) is 2. The van der Waals surface area contributed by atoms with Gasteiger partial charge in [-0.2, -0.15) is 0 Å². The lowest BCUT2D eigenvalue weighted by atomic mass is 9.95. The number of morpholine rings is 1. The van der Waals surface area contributed by atoms with E-state index < -0.39 is 17.7 Å². The van der Waals surface area contributed by atoms with Crippen LogP contribution >= 0.6 is 0 Å². The van der Waals surface area contributed by atoms with Crippen LogP contribution < -0.4 is 9.47 Å². The van der Waals surface area contributed by atoms with Crippen LogP contribution in [0.3, 0.4) is 0 Å². The molecule has 8 nitrogen and oxygen atoms in total. The van der Waals surface area contributed by atoms with E-state index in [2.05, 4.69) is 11.5 Å². The van der Waals surface area contributed by atoms with Gasteiger partial charge in [-0.05, 0) is 54.8 Å². The summed E-state index contributed by atoms with van der Waals surface area (Å²) in [6.45, 7) is 10.9. The van der Waals surface area contributed by atoms with Crippen LogP contribution in [0, 0.1) is 0 Å². The van der Waals surface area contributed by atoms with Gasteiger partial charge in [0.25, 0.3) is 11.7 Å². The standard InChI is InChI=1S/C30H36N2O6/c1-3-17-37-24-11-9-22(10-12-24)28(33)26-27(23-7-5-8-25(21-23)38-18-4-2)32(30(35)29(26)34)14-6-13-31-15-19-36-20-16-31/h4-5,7-12,21,27,33H,2-3,6,13-20H2,1H3/b28-26+. The van der Waals surface area contributed by atoms with Crippen LogP contribution in [0.15, 0.2) is 66.8 Å². The Morgan fingerprint density at radius 2 is 1.84 bits per heavy atom. The number of aliphatic hydroxyl groups excluding tert-OH is 1. The summed E-state index contributed by atoms with van der Waals surface area (Å²) >= 11 is 0. The molecule has 2 fully saturated rings. The molecule has 0 aliphatic carbocycles. The molecule has 2 saturated heterocycles. The van der Waals surface area contributed by atoms with E-state index in [0.29, 0.717) is 62.0 Å². The van der Waals surface area contributed by atoms with Crippen molar-refractivity contribution in [3.05, 3.63) is 77.9 Å². The van der Waals surface area contributed by atoms with Crippen molar-refractivity contribution in [2.75, 3.05) is 52.6 Å². The minimum Gasteiger partial charge on any atom is -0.507 e. The van der Waals surface area contributed by atoms with Gasteiger partial charge in [0.2, 0.25) is 0 Å². The highest BCUT2D eigenvalue weighted by atomic mass is 16.5. The summed E-state index contributed by atoms with van der Waals surface area (Å²) in [6.07, 6.45) is 3.23. The van der Waals surface area contributed by atoms with Crippen LogP contribution in [0.5, 0.6) is 11.5 Å². The zero-order valence-corrected chi connectivity index (χ0v) is 21.9. The van der Waals surface area contributed by atoms with E-state index in [-0.39, 0.29) is 11.3 Å². The van der Waals surface area contributed by atoms with Crippen molar-refractivity contribution in [1.29, 1.82) is 0 Å². The molecule has 1 unspecified atom stereocenters. The van der Waals surface area contributed by atoms with E-state index >= 15 is 0 Å². The third kappa shape index (κ3) is 6.44. The molecule has 0 bridgehead atoms. The molecule has 0 radical (unpaired) electrons. The predicted molar refractivity (Wildman–Crippen MR) is 145 cm³/mol. The largest absolute Gasteiger partial charge is 0.507 e. The number of Topliss-reactive ketones (excluding diaryl/α,β-unsaturated/α-hetero) is 1. The van der Waals surface area contributed by atoms with Crippen molar-refractivity contribution in [2.24, 2.45) is 0 Å². The second kappa shape index (κ2) is 13.3. The van der Waals surface area contributed by atoms with E-state index in [0.717, 1.165) is 26.1 Å². The Balaban J connectivity index is 1.66. The molecule has 2 aromatic rings. The predicted octanol–water partition coefficient (Wildman–Crippen LogP) is 4.18. The van der Waals surface area contributed by atoms with Crippen LogP contribution in [-0.2, 0) is 14.3 Å². The molecule has 202 valence electrons. The van der Waals surface area contributed by atoms with E-state index in [4.69, 9.17) is 14.2 Å². The minimum atomic E-state index is -0.733. The smallest absolute Gasteiger partial charge is 0.295 e. The first kappa shape index (κ1) is 27.4. The maximum atomic E-state index is 13.3. The van der Waals surface area contributed by atoms with Gasteiger partial charge >= 0.3 is 0 Å². The molecule has 2 aliphatic heterocycles. The molecule has 0 spiro atoms. The number of benzene rings is 2. The number of hydrogen-bond acceptors (Lipinski definition) is 7. The van der Waals surface area contributed by atoms with Crippen molar-refractivity contribution in [1.82, 2.24) is 9.80 Å². The van der Waals surface area contributed by atoms with Gasteiger partial charge in [-0.1, -0.05) is 31.7 Å². The Labute approximate surface area is 224 Å². The summed E-state index contributed by atoms with van der Waals surface area (Å²) in [5.74, 6) is -0.237. The number of carbonyl (C=O) groups is 2. The number of rotatable bonds is 12. The Bertz CT molecular complexity index is 1150. The van der Waals surface area contributed by atoms with Gasteiger partial charge in [0.15, 0.2) is 0 Å². The fourth-order valence-corrected chi connectivity index (χ4v) is 4.76. The van der Waals surface area contributed by atoms with E-state index in [1.807, 2.05) is 31.2 Å². The summed E-state index contributed by atoms with van der Waals surface area (Å²) in [5.41, 5.74) is 1.22. The first-order valence-electron chi connectivity index (χ1n) is 13.2. The zero-order chi connectivity index (χ0) is 26.9. The van der Waals surface area contributed by atoms with Gasteiger partial charge in [-0.15, -0.1) is 0 Å². The van der Waals surface area contributed by atoms with Crippen molar-refractivity contribution in [3.8, 4) is 11.5 Å². The summed E-state index contributed by atoms with van der Waals surface area (Å²) in [5, 5.41) is 11.3. The second-order valence-corrected chi connectivity index (χ2v) is 9.35. The normalized spacial score (nSPS) is 19.5. The number of aliphatic hydroxyl groups is 1. The quantitative estimate of drug-likeness (QED) is 0.194. The van der Waals surface area contributed by atoms with E-state index in [1.54, 1.807) is 35.2 Å². The van der Waals surface area contributed by atoms with Gasteiger partial charge in [0.05, 0.1) is 31.4 Å². The van der Waals surface area contributed by atoms with Crippen molar-refractivity contribution < 1.29 is 28.9 Å². The Morgan fingerprint density at radius 3 is 2.55 bits per heavy atom. The van der Waals surface area contributed by atoms with Crippen LogP contribution in [0.25, 0.3) is 5.76 Å². The van der Waals surface area contributed by atoms with Crippen molar-refractivity contribution >= 4 is 17.4 Å². The molecule has 1 amide bonds. The maximum absolute atomic E-state index is 13.3. The fourth-order valence-electron chi connectivity index (χ4n) is 4.76. The summed E-state index contributed by atoms with van der Waals surface area (Å²) < 4.78 is 16.8. The van der Waals surface area contributed by atoms with Gasteiger partial charge < -0.3 is 24.2 Å². The molecule has 1 atom stereocenters. The number of carbonyl (C=O) groups excluding carboxylic acids is 2. The molecule has 0 aromatic heterocycles. The molecular weight excluding hydrogens is 484 g/mol. The second-order valence-electron chi connectivity index (χ2n) is 9.35. The third-order valence-corrected chi connectivity index (χ3v) is 6.66. The molecule has 4 rings (SSSR count). The van der Waals surface area contributed by atoms with Crippen LogP contribution in [-0.4, -0.2) is 79.2 Å². The van der Waals surface area contributed by atoms with Gasteiger partial charge in [-0.25, -0.2) is 0 Å². The third-order valence-electron chi connectivity index (χ3n) is 6.66. The molecule has 0 saturated carbocycles. The molecule has 2 heterocycles. The fraction of sp³-hybridized carbons (Fsp3) is 0.400. The van der Waals surface area contributed by atoms with Crippen LogP contribution in [0.4, 0.5) is 0 Å². The number of likely N-dealkylation sites (tertiary alicyclic amines) is 1. The first-order valence-corrected chi connectivity index (χ1v) is 13.2.